The number of aliphatic imine (C=N–C) groups is 1. The number of carbonyl (C=O) groups excluding carboxylic acids is 2. The summed E-state index contributed by atoms with van der Waals surface area (Å²) in [5.41, 5.74) is 0.200. The maximum Gasteiger partial charge on any atom is 0.324 e. The Morgan fingerprint density at radius 3 is 2.38 bits per heavy atom. The van der Waals surface area contributed by atoms with Crippen molar-refractivity contribution in [3.05, 3.63) is 0 Å². The summed E-state index contributed by atoms with van der Waals surface area (Å²) in [6.45, 7) is 7.00. The second-order valence-electron chi connectivity index (χ2n) is 8.16. The Labute approximate surface area is 191 Å². The quantitative estimate of drug-likeness (QED) is 0.207. The number of guanidine groups is 1. The predicted molar refractivity (Wildman–Crippen MR) is 126 cm³/mol. The molecule has 0 aromatic rings. The van der Waals surface area contributed by atoms with Gasteiger partial charge in [-0.25, -0.2) is 4.79 Å². The molecular formula is C20H37IN6O2. The lowest BCUT2D eigenvalue weighted by molar-refractivity contribution is -0.124. The minimum atomic E-state index is -0.306. The molecule has 2 heterocycles. The molecule has 0 bridgehead atoms. The molecular weight excluding hydrogens is 483 g/mol. The van der Waals surface area contributed by atoms with E-state index in [9.17, 15) is 9.59 Å². The van der Waals surface area contributed by atoms with Gasteiger partial charge in [0.2, 0.25) is 5.91 Å². The smallest absolute Gasteiger partial charge is 0.324 e. The van der Waals surface area contributed by atoms with Crippen LogP contribution in [0.3, 0.4) is 0 Å². The highest BCUT2D eigenvalue weighted by atomic mass is 127. The highest BCUT2D eigenvalue weighted by molar-refractivity contribution is 14.0. The highest BCUT2D eigenvalue weighted by Crippen LogP contribution is 2.35. The Balaban J connectivity index is 0.00000300. The second-order valence-corrected chi connectivity index (χ2v) is 8.16. The van der Waals surface area contributed by atoms with Crippen LogP contribution in [-0.2, 0) is 4.79 Å². The molecule has 3 aliphatic rings. The summed E-state index contributed by atoms with van der Waals surface area (Å²) in [4.78, 5) is 32.2. The number of likely N-dealkylation sites (tertiary alicyclic amines) is 1. The van der Waals surface area contributed by atoms with Gasteiger partial charge in [-0.1, -0.05) is 25.7 Å². The zero-order valence-corrected chi connectivity index (χ0v) is 20.0. The van der Waals surface area contributed by atoms with Crippen LogP contribution in [0.4, 0.5) is 4.79 Å². The average molecular weight is 520 g/mol. The number of hydrogen-bond acceptors (Lipinski definition) is 4. The van der Waals surface area contributed by atoms with Gasteiger partial charge in [0.05, 0.1) is 13.1 Å². The van der Waals surface area contributed by atoms with Crippen molar-refractivity contribution in [1.82, 2.24) is 25.8 Å². The first-order valence-electron chi connectivity index (χ1n) is 11.0. The monoisotopic (exact) mass is 520 g/mol. The first-order valence-corrected chi connectivity index (χ1v) is 11.0. The van der Waals surface area contributed by atoms with Gasteiger partial charge < -0.3 is 16.0 Å². The minimum absolute atomic E-state index is 0. The summed E-state index contributed by atoms with van der Waals surface area (Å²) in [7, 11) is 0. The molecule has 1 aliphatic carbocycles. The lowest BCUT2D eigenvalue weighted by Crippen LogP contribution is -2.55. The van der Waals surface area contributed by atoms with E-state index in [0.29, 0.717) is 13.1 Å². The lowest BCUT2D eigenvalue weighted by atomic mass is 9.79. The van der Waals surface area contributed by atoms with Crippen molar-refractivity contribution >= 4 is 41.9 Å². The zero-order valence-electron chi connectivity index (χ0n) is 17.7. The molecule has 8 nitrogen and oxygen atoms in total. The SMILES string of the molecule is CCNC(=NCC1(N2CCCCC2)CCCCC1)NCCN1C(=O)CNC1=O.I. The number of rotatable bonds is 7. The van der Waals surface area contributed by atoms with Crippen molar-refractivity contribution in [3.8, 4) is 0 Å². The predicted octanol–water partition coefficient (Wildman–Crippen LogP) is 1.90. The van der Waals surface area contributed by atoms with Crippen molar-refractivity contribution in [2.75, 3.05) is 45.8 Å². The number of piperidine rings is 1. The van der Waals surface area contributed by atoms with Crippen molar-refractivity contribution in [2.24, 2.45) is 4.99 Å². The van der Waals surface area contributed by atoms with Gasteiger partial charge in [0, 0.05) is 25.2 Å². The summed E-state index contributed by atoms with van der Waals surface area (Å²) in [6.07, 6.45) is 10.3. The highest BCUT2D eigenvalue weighted by Gasteiger charge is 2.38. The third-order valence-corrected chi connectivity index (χ3v) is 6.25. The van der Waals surface area contributed by atoms with Gasteiger partial charge in [0.15, 0.2) is 5.96 Å². The van der Waals surface area contributed by atoms with Crippen LogP contribution >= 0.6 is 24.0 Å². The standard InChI is InChI=1S/C20H36N6O2.HI/c1-2-21-18(22-11-14-26-17(27)15-23-19(26)28)24-16-20(9-5-3-6-10-20)25-12-7-4-8-13-25;/h2-16H2,1H3,(H,23,28)(H2,21,22,24);1H. The van der Waals surface area contributed by atoms with Crippen LogP contribution < -0.4 is 16.0 Å². The van der Waals surface area contributed by atoms with E-state index in [-0.39, 0.29) is 48.0 Å². The Bertz CT molecular complexity index is 557. The van der Waals surface area contributed by atoms with Crippen LogP contribution in [0.2, 0.25) is 0 Å². The number of hydrogen-bond donors (Lipinski definition) is 3. The third kappa shape index (κ3) is 6.44. The van der Waals surface area contributed by atoms with E-state index < -0.39 is 0 Å². The molecule has 0 radical (unpaired) electrons. The molecule has 3 fully saturated rings. The fourth-order valence-corrected chi connectivity index (χ4v) is 4.69. The van der Waals surface area contributed by atoms with E-state index in [1.165, 1.54) is 69.4 Å². The van der Waals surface area contributed by atoms with Crippen molar-refractivity contribution in [2.45, 2.75) is 63.8 Å². The maximum absolute atomic E-state index is 11.7. The summed E-state index contributed by atoms with van der Waals surface area (Å²) in [5, 5.41) is 9.15. The molecule has 29 heavy (non-hydrogen) atoms. The minimum Gasteiger partial charge on any atom is -0.357 e. The first-order chi connectivity index (χ1) is 13.6. The Kier molecular flexibility index (Phi) is 9.94. The second kappa shape index (κ2) is 11.9. The van der Waals surface area contributed by atoms with Gasteiger partial charge >= 0.3 is 6.03 Å². The first kappa shape index (κ1) is 24.2. The average Bonchev–Trinajstić information content (AvgIpc) is 3.05. The van der Waals surface area contributed by atoms with Crippen LogP contribution in [-0.4, -0.2) is 79.0 Å². The van der Waals surface area contributed by atoms with Gasteiger partial charge in [-0.15, -0.1) is 24.0 Å². The number of nitrogens with one attached hydrogen (secondary N) is 3. The van der Waals surface area contributed by atoms with Crippen molar-refractivity contribution in [3.63, 3.8) is 0 Å². The lowest BCUT2D eigenvalue weighted by Gasteiger charge is -2.47. The van der Waals surface area contributed by atoms with Gasteiger partial charge in [0.1, 0.15) is 0 Å². The molecule has 0 aromatic carbocycles. The van der Waals surface area contributed by atoms with Crippen LogP contribution in [0.5, 0.6) is 0 Å². The van der Waals surface area contributed by atoms with E-state index in [1.807, 2.05) is 0 Å². The van der Waals surface area contributed by atoms with E-state index in [4.69, 9.17) is 4.99 Å². The fourth-order valence-electron chi connectivity index (χ4n) is 4.69. The van der Waals surface area contributed by atoms with E-state index in [2.05, 4.69) is 27.8 Å². The molecule has 3 amide bonds. The fraction of sp³-hybridized carbons (Fsp3) is 0.850. The molecule has 3 N–H and O–H groups in total. The summed E-state index contributed by atoms with van der Waals surface area (Å²) in [5.74, 6) is 0.608. The Hall–Kier alpha value is -1.10. The third-order valence-electron chi connectivity index (χ3n) is 6.25. The number of imide groups is 1. The molecule has 2 saturated heterocycles. The van der Waals surface area contributed by atoms with Crippen molar-refractivity contribution in [1.29, 1.82) is 0 Å². The molecule has 166 valence electrons. The number of halogens is 1. The molecule has 3 rings (SSSR count). The molecule has 0 atom stereocenters. The topological polar surface area (TPSA) is 89.1 Å². The van der Waals surface area contributed by atoms with Crippen LogP contribution in [0.1, 0.15) is 58.3 Å². The van der Waals surface area contributed by atoms with Gasteiger partial charge in [-0.2, -0.15) is 0 Å². The molecule has 0 unspecified atom stereocenters. The van der Waals surface area contributed by atoms with Gasteiger partial charge in [-0.05, 0) is 45.7 Å². The van der Waals surface area contributed by atoms with Crippen molar-refractivity contribution < 1.29 is 9.59 Å². The zero-order chi connectivity index (χ0) is 19.8. The van der Waals surface area contributed by atoms with E-state index >= 15 is 0 Å². The molecule has 2 aliphatic heterocycles. The molecule has 0 aromatic heterocycles. The molecule has 1 saturated carbocycles. The molecule has 9 heteroatoms. The number of amides is 3. The number of carbonyl (C=O) groups is 2. The Morgan fingerprint density at radius 2 is 1.76 bits per heavy atom. The van der Waals surface area contributed by atoms with E-state index in [0.717, 1.165) is 19.0 Å². The summed E-state index contributed by atoms with van der Waals surface area (Å²) >= 11 is 0. The summed E-state index contributed by atoms with van der Waals surface area (Å²) < 4.78 is 0. The largest absolute Gasteiger partial charge is 0.357 e. The van der Waals surface area contributed by atoms with Gasteiger partial charge in [-0.3, -0.25) is 19.6 Å². The summed E-state index contributed by atoms with van der Waals surface area (Å²) in [6, 6.07) is -0.306. The number of nitrogens with zero attached hydrogens (tertiary/aromatic N) is 3. The van der Waals surface area contributed by atoms with Crippen LogP contribution in [0.25, 0.3) is 0 Å². The Morgan fingerprint density at radius 1 is 1.07 bits per heavy atom. The number of urea groups is 1. The maximum atomic E-state index is 11.7. The molecule has 0 spiro atoms. The normalized spacial score (nSPS) is 22.8. The van der Waals surface area contributed by atoms with Crippen LogP contribution in [0.15, 0.2) is 4.99 Å². The van der Waals surface area contributed by atoms with Gasteiger partial charge in [0.25, 0.3) is 0 Å². The van der Waals surface area contributed by atoms with Crippen LogP contribution in [0, 0.1) is 0 Å². The van der Waals surface area contributed by atoms with E-state index in [1.54, 1.807) is 0 Å².